The van der Waals surface area contributed by atoms with Crippen molar-refractivity contribution in [1.82, 2.24) is 4.90 Å². The largest absolute Gasteiger partial charge is 0.497 e. The molecule has 1 rings (SSSR count). The zero-order valence-corrected chi connectivity index (χ0v) is 14.5. The quantitative estimate of drug-likeness (QED) is 0.652. The molecule has 22 heavy (non-hydrogen) atoms. The highest BCUT2D eigenvalue weighted by molar-refractivity contribution is 7.54. The summed E-state index contributed by atoms with van der Waals surface area (Å²) >= 11 is 0. The molecule has 0 aliphatic heterocycles. The molecule has 1 aromatic carbocycles. The number of hydrogen-bond acceptors (Lipinski definition) is 5. The minimum absolute atomic E-state index is 0.240. The molecule has 0 bridgehead atoms. The predicted molar refractivity (Wildman–Crippen MR) is 85.2 cm³/mol. The second-order valence-corrected chi connectivity index (χ2v) is 6.76. The zero-order valence-electron chi connectivity index (χ0n) is 13.6. The number of benzene rings is 1. The third-order valence-electron chi connectivity index (χ3n) is 2.96. The molecule has 0 aliphatic rings. The summed E-state index contributed by atoms with van der Waals surface area (Å²) < 4.78 is 27.8. The Morgan fingerprint density at radius 1 is 1.23 bits per heavy atom. The van der Waals surface area contributed by atoms with E-state index in [1.807, 2.05) is 24.3 Å². The summed E-state index contributed by atoms with van der Waals surface area (Å²) in [6.45, 7) is 4.31. The Morgan fingerprint density at radius 3 is 2.41 bits per heavy atom. The Labute approximate surface area is 131 Å². The van der Waals surface area contributed by atoms with E-state index in [4.69, 9.17) is 13.8 Å². The van der Waals surface area contributed by atoms with Crippen LogP contribution < -0.4 is 4.74 Å². The van der Waals surface area contributed by atoms with E-state index < -0.39 is 7.60 Å². The first kappa shape index (κ1) is 18.7. The van der Waals surface area contributed by atoms with Gasteiger partial charge in [-0.3, -0.25) is 9.36 Å². The Balaban J connectivity index is 2.69. The highest BCUT2D eigenvalue weighted by atomic mass is 31.2. The maximum absolute atomic E-state index is 12.4. The molecule has 0 heterocycles. The van der Waals surface area contributed by atoms with Crippen LogP contribution in [0.4, 0.5) is 0 Å². The van der Waals surface area contributed by atoms with Crippen LogP contribution in [0.2, 0.25) is 0 Å². The predicted octanol–water partition coefficient (Wildman–Crippen LogP) is 2.92. The molecule has 0 aliphatic carbocycles. The lowest BCUT2D eigenvalue weighted by Gasteiger charge is -2.21. The first-order valence-electron chi connectivity index (χ1n) is 7.19. The molecule has 7 heteroatoms. The second kappa shape index (κ2) is 8.93. The van der Waals surface area contributed by atoms with Gasteiger partial charge in [0.1, 0.15) is 11.9 Å². The molecule has 1 amide bonds. The van der Waals surface area contributed by atoms with Crippen molar-refractivity contribution in [3.63, 3.8) is 0 Å². The van der Waals surface area contributed by atoms with Crippen LogP contribution >= 0.6 is 7.60 Å². The third kappa shape index (κ3) is 5.79. The van der Waals surface area contributed by atoms with Crippen LogP contribution in [0.5, 0.6) is 5.75 Å². The molecule has 124 valence electrons. The van der Waals surface area contributed by atoms with E-state index >= 15 is 0 Å². The Morgan fingerprint density at radius 2 is 1.86 bits per heavy atom. The van der Waals surface area contributed by atoms with Gasteiger partial charge in [-0.15, -0.1) is 0 Å². The van der Waals surface area contributed by atoms with Crippen molar-refractivity contribution in [2.45, 2.75) is 20.4 Å². The minimum atomic E-state index is -3.37. The molecule has 6 nitrogen and oxygen atoms in total. The number of ether oxygens (including phenoxy) is 1. The van der Waals surface area contributed by atoms with Gasteiger partial charge in [-0.2, -0.15) is 0 Å². The van der Waals surface area contributed by atoms with Crippen molar-refractivity contribution in [3.8, 4) is 5.75 Å². The van der Waals surface area contributed by atoms with Gasteiger partial charge in [-0.1, -0.05) is 12.1 Å². The van der Waals surface area contributed by atoms with Gasteiger partial charge in [0.2, 0.25) is 5.91 Å². The fraction of sp³-hybridized carbons (Fsp3) is 0.533. The Kier molecular flexibility index (Phi) is 7.59. The summed E-state index contributed by atoms with van der Waals surface area (Å²) in [6.07, 6.45) is -0.255. The molecule has 1 aromatic rings. The van der Waals surface area contributed by atoms with Crippen LogP contribution in [-0.4, -0.2) is 44.3 Å². The van der Waals surface area contributed by atoms with Crippen molar-refractivity contribution in [2.75, 3.05) is 33.5 Å². The summed E-state index contributed by atoms with van der Waals surface area (Å²) in [5.41, 5.74) is 0.929. The summed E-state index contributed by atoms with van der Waals surface area (Å²) in [7, 11) is -0.117. The van der Waals surface area contributed by atoms with Gasteiger partial charge in [0, 0.05) is 13.6 Å². The van der Waals surface area contributed by atoms with Crippen molar-refractivity contribution in [3.05, 3.63) is 29.8 Å². The summed E-state index contributed by atoms with van der Waals surface area (Å²) in [5.74, 6) is 0.445. The Bertz CT molecular complexity index is 524. The molecular weight excluding hydrogens is 305 g/mol. The normalized spacial score (nSPS) is 11.3. The minimum Gasteiger partial charge on any atom is -0.497 e. The van der Waals surface area contributed by atoms with Gasteiger partial charge in [0.05, 0.1) is 20.3 Å². The Hall–Kier alpha value is -1.36. The monoisotopic (exact) mass is 329 g/mol. The zero-order chi connectivity index (χ0) is 16.6. The number of rotatable bonds is 9. The maximum atomic E-state index is 12.4. The van der Waals surface area contributed by atoms with Crippen LogP contribution in [0, 0.1) is 0 Å². The summed E-state index contributed by atoms with van der Waals surface area (Å²) in [6, 6.07) is 7.45. The molecular formula is C15H24NO5P. The second-order valence-electron chi connectivity index (χ2n) is 4.71. The average molecular weight is 329 g/mol. The average Bonchev–Trinajstić information content (AvgIpc) is 2.47. The molecule has 0 spiro atoms. The molecule has 0 saturated heterocycles. The lowest BCUT2D eigenvalue weighted by Crippen LogP contribution is -2.29. The van der Waals surface area contributed by atoms with Crippen LogP contribution in [0.25, 0.3) is 0 Å². The van der Waals surface area contributed by atoms with E-state index in [1.165, 1.54) is 4.90 Å². The fourth-order valence-corrected chi connectivity index (χ4v) is 3.56. The van der Waals surface area contributed by atoms with Gasteiger partial charge in [0.25, 0.3) is 0 Å². The molecule has 0 radical (unpaired) electrons. The highest BCUT2D eigenvalue weighted by Crippen LogP contribution is 2.47. The molecule has 0 N–H and O–H groups in total. The van der Waals surface area contributed by atoms with E-state index in [0.717, 1.165) is 11.3 Å². The lowest BCUT2D eigenvalue weighted by molar-refractivity contribution is -0.128. The van der Waals surface area contributed by atoms with Gasteiger partial charge in [-0.05, 0) is 31.5 Å². The van der Waals surface area contributed by atoms with Gasteiger partial charge in [-0.25, -0.2) is 0 Å². The van der Waals surface area contributed by atoms with Crippen molar-refractivity contribution in [2.24, 2.45) is 0 Å². The molecule has 0 atom stereocenters. The number of amides is 1. The number of methoxy groups -OCH3 is 1. The van der Waals surface area contributed by atoms with Crippen LogP contribution in [0.15, 0.2) is 24.3 Å². The first-order valence-corrected chi connectivity index (χ1v) is 8.92. The van der Waals surface area contributed by atoms with Crippen LogP contribution in [0.1, 0.15) is 19.4 Å². The summed E-state index contributed by atoms with van der Waals surface area (Å²) in [5, 5.41) is 0. The summed E-state index contributed by atoms with van der Waals surface area (Å²) in [4.78, 5) is 13.7. The van der Waals surface area contributed by atoms with Crippen LogP contribution in [0.3, 0.4) is 0 Å². The van der Waals surface area contributed by atoms with Gasteiger partial charge < -0.3 is 18.7 Å². The van der Waals surface area contributed by atoms with Crippen molar-refractivity contribution < 1.29 is 23.1 Å². The van der Waals surface area contributed by atoms with E-state index in [0.29, 0.717) is 6.54 Å². The fourth-order valence-electron chi connectivity index (χ4n) is 1.94. The van der Waals surface area contributed by atoms with Gasteiger partial charge >= 0.3 is 7.60 Å². The first-order chi connectivity index (χ1) is 10.4. The van der Waals surface area contributed by atoms with Gasteiger partial charge in [0.15, 0.2) is 0 Å². The van der Waals surface area contributed by atoms with E-state index in [1.54, 1.807) is 28.0 Å². The molecule has 0 aromatic heterocycles. The third-order valence-corrected chi connectivity index (χ3v) is 4.92. The van der Waals surface area contributed by atoms with Crippen LogP contribution in [-0.2, 0) is 25.0 Å². The lowest BCUT2D eigenvalue weighted by atomic mass is 10.2. The molecule has 0 fully saturated rings. The van der Waals surface area contributed by atoms with E-state index in [2.05, 4.69) is 0 Å². The topological polar surface area (TPSA) is 65.1 Å². The highest BCUT2D eigenvalue weighted by Gasteiger charge is 2.29. The van der Waals surface area contributed by atoms with Crippen molar-refractivity contribution in [1.29, 1.82) is 0 Å². The number of nitrogens with zero attached hydrogens (tertiary/aromatic N) is 1. The van der Waals surface area contributed by atoms with E-state index in [9.17, 15) is 9.36 Å². The van der Waals surface area contributed by atoms with E-state index in [-0.39, 0.29) is 25.3 Å². The number of hydrogen-bond donors (Lipinski definition) is 0. The number of carbonyl (C=O) groups excluding carboxylic acids is 1. The standard InChI is InChI=1S/C15H24NO5P/c1-5-20-22(18,21-6-2)12-15(17)16(3)11-13-8-7-9-14(10-13)19-4/h7-10H,5-6,11-12H2,1-4H3. The van der Waals surface area contributed by atoms with Crippen molar-refractivity contribution >= 4 is 13.5 Å². The SMILES string of the molecule is CCOP(=O)(CC(=O)N(C)Cc1cccc(OC)c1)OCC. The molecule has 0 saturated carbocycles. The maximum Gasteiger partial charge on any atom is 0.340 e. The molecule has 0 unspecified atom stereocenters. The smallest absolute Gasteiger partial charge is 0.340 e. The number of carbonyl (C=O) groups is 1.